The first-order valence-electron chi connectivity index (χ1n) is 6.26. The number of nitro benzene ring substituents is 1. The van der Waals surface area contributed by atoms with Gasteiger partial charge in [-0.2, -0.15) is 8.42 Å². The van der Waals surface area contributed by atoms with Gasteiger partial charge >= 0.3 is 0 Å². The number of nitrogens with zero attached hydrogens (tertiary/aromatic N) is 1. The third kappa shape index (κ3) is 6.17. The van der Waals surface area contributed by atoms with E-state index in [2.05, 4.69) is 0 Å². The number of non-ortho nitro benzene ring substituents is 1. The van der Waals surface area contributed by atoms with E-state index in [9.17, 15) is 18.5 Å². The third-order valence-corrected chi connectivity index (χ3v) is 3.70. The van der Waals surface area contributed by atoms with Gasteiger partial charge in [0.25, 0.3) is 15.8 Å². The highest BCUT2D eigenvalue weighted by Crippen LogP contribution is 2.17. The van der Waals surface area contributed by atoms with Crippen LogP contribution in [0.25, 0.3) is 0 Å². The Morgan fingerprint density at radius 2 is 1.62 bits per heavy atom. The smallest absolute Gasteiger partial charge is 0.297 e. The van der Waals surface area contributed by atoms with Crippen LogP contribution in [0.2, 0.25) is 0 Å². The summed E-state index contributed by atoms with van der Waals surface area (Å²) in [5.41, 5.74) is -0.187. The highest BCUT2D eigenvalue weighted by atomic mass is 32.2. The van der Waals surface area contributed by atoms with Gasteiger partial charge in [-0.1, -0.05) is 0 Å². The van der Waals surface area contributed by atoms with Crippen LogP contribution >= 0.6 is 0 Å². The van der Waals surface area contributed by atoms with E-state index in [1.54, 1.807) is 0 Å². The summed E-state index contributed by atoms with van der Waals surface area (Å²) in [6.07, 6.45) is 0. The maximum atomic E-state index is 11.8. The van der Waals surface area contributed by atoms with Crippen molar-refractivity contribution in [2.75, 3.05) is 33.0 Å². The van der Waals surface area contributed by atoms with Gasteiger partial charge in [0.05, 0.1) is 36.2 Å². The van der Waals surface area contributed by atoms with E-state index in [-0.39, 0.29) is 23.8 Å². The average molecular weight is 319 g/mol. The van der Waals surface area contributed by atoms with E-state index in [1.807, 2.05) is 6.92 Å². The minimum atomic E-state index is -3.93. The van der Waals surface area contributed by atoms with Crippen LogP contribution in [-0.4, -0.2) is 46.4 Å². The Kier molecular flexibility index (Phi) is 7.23. The zero-order valence-electron chi connectivity index (χ0n) is 11.6. The SMILES string of the molecule is CCOCCOCCOS(=O)(=O)c1ccc([N+](=O)[O-])cc1. The van der Waals surface area contributed by atoms with E-state index >= 15 is 0 Å². The largest absolute Gasteiger partial charge is 0.379 e. The van der Waals surface area contributed by atoms with Gasteiger partial charge in [0, 0.05) is 18.7 Å². The van der Waals surface area contributed by atoms with Crippen LogP contribution in [0.4, 0.5) is 5.69 Å². The molecule has 0 fully saturated rings. The normalized spacial score (nSPS) is 11.5. The van der Waals surface area contributed by atoms with Gasteiger partial charge in [-0.25, -0.2) is 0 Å². The Hall–Kier alpha value is -1.55. The molecule has 0 radical (unpaired) electrons. The first kappa shape index (κ1) is 17.5. The summed E-state index contributed by atoms with van der Waals surface area (Å²) in [6, 6.07) is 4.47. The molecule has 1 aromatic rings. The van der Waals surface area contributed by atoms with Gasteiger partial charge in [-0.15, -0.1) is 0 Å². The van der Waals surface area contributed by atoms with Gasteiger partial charge in [-0.3, -0.25) is 14.3 Å². The predicted octanol–water partition coefficient (Wildman–Crippen LogP) is 1.35. The third-order valence-electron chi connectivity index (χ3n) is 2.38. The van der Waals surface area contributed by atoms with Crippen molar-refractivity contribution >= 4 is 15.8 Å². The second-order valence-electron chi connectivity index (χ2n) is 3.84. The van der Waals surface area contributed by atoms with E-state index in [0.29, 0.717) is 19.8 Å². The molecule has 21 heavy (non-hydrogen) atoms. The molecule has 0 aliphatic carbocycles. The van der Waals surface area contributed by atoms with E-state index in [4.69, 9.17) is 13.7 Å². The molecule has 0 saturated heterocycles. The zero-order chi connectivity index (χ0) is 15.7. The number of nitro groups is 1. The molecule has 0 aliphatic heterocycles. The number of ether oxygens (including phenoxy) is 2. The van der Waals surface area contributed by atoms with E-state index < -0.39 is 15.0 Å². The Labute approximate surface area is 122 Å². The highest BCUT2D eigenvalue weighted by molar-refractivity contribution is 7.86. The summed E-state index contributed by atoms with van der Waals surface area (Å²) in [5.74, 6) is 0. The quantitative estimate of drug-likeness (QED) is 0.277. The number of hydrogen-bond donors (Lipinski definition) is 0. The fourth-order valence-electron chi connectivity index (χ4n) is 1.37. The van der Waals surface area contributed by atoms with Gasteiger partial charge in [0.2, 0.25) is 0 Å². The molecule has 0 spiro atoms. The molecule has 8 nitrogen and oxygen atoms in total. The maximum absolute atomic E-state index is 11.8. The van der Waals surface area contributed by atoms with Crippen molar-refractivity contribution in [1.29, 1.82) is 0 Å². The second kappa shape index (κ2) is 8.67. The molecule has 0 bridgehead atoms. The Balaban J connectivity index is 2.41. The molecule has 9 heteroatoms. The second-order valence-corrected chi connectivity index (χ2v) is 5.45. The lowest BCUT2D eigenvalue weighted by Crippen LogP contribution is -2.13. The molecule has 0 heterocycles. The van der Waals surface area contributed by atoms with Crippen LogP contribution in [0.1, 0.15) is 6.92 Å². The van der Waals surface area contributed by atoms with Gasteiger partial charge in [0.15, 0.2) is 0 Å². The van der Waals surface area contributed by atoms with Crippen molar-refractivity contribution in [2.24, 2.45) is 0 Å². The fourth-order valence-corrected chi connectivity index (χ4v) is 2.26. The van der Waals surface area contributed by atoms with E-state index in [1.165, 1.54) is 0 Å². The van der Waals surface area contributed by atoms with Crippen LogP contribution in [0.3, 0.4) is 0 Å². The lowest BCUT2D eigenvalue weighted by molar-refractivity contribution is -0.384. The topological polar surface area (TPSA) is 105 Å². The summed E-state index contributed by atoms with van der Waals surface area (Å²) in [6.45, 7) is 3.22. The first-order valence-corrected chi connectivity index (χ1v) is 7.67. The standard InChI is InChI=1S/C12H17NO7S/c1-2-18-7-8-19-9-10-20-21(16,17)12-5-3-11(4-6-12)13(14)15/h3-6H,2,7-10H2,1H3. The van der Waals surface area contributed by atoms with Crippen molar-refractivity contribution in [1.82, 2.24) is 0 Å². The first-order chi connectivity index (χ1) is 9.97. The monoisotopic (exact) mass is 319 g/mol. The van der Waals surface area contributed by atoms with Crippen LogP contribution < -0.4 is 0 Å². The molecule has 118 valence electrons. The lowest BCUT2D eigenvalue weighted by atomic mass is 10.3. The fraction of sp³-hybridized carbons (Fsp3) is 0.500. The maximum Gasteiger partial charge on any atom is 0.297 e. The summed E-state index contributed by atoms with van der Waals surface area (Å²) < 4.78 is 38.5. The van der Waals surface area contributed by atoms with Crippen LogP contribution in [0.5, 0.6) is 0 Å². The summed E-state index contributed by atoms with van der Waals surface area (Å²) in [4.78, 5) is 9.73. The molecule has 0 aromatic heterocycles. The van der Waals surface area contributed by atoms with Gasteiger partial charge < -0.3 is 9.47 Å². The van der Waals surface area contributed by atoms with Crippen molar-refractivity contribution in [2.45, 2.75) is 11.8 Å². The molecule has 1 aromatic carbocycles. The summed E-state index contributed by atoms with van der Waals surface area (Å²) in [5, 5.41) is 10.5. The van der Waals surface area contributed by atoms with Gasteiger partial charge in [0.1, 0.15) is 0 Å². The number of benzene rings is 1. The van der Waals surface area contributed by atoms with Crippen LogP contribution in [-0.2, 0) is 23.8 Å². The average Bonchev–Trinajstić information content (AvgIpc) is 2.46. The predicted molar refractivity (Wildman–Crippen MR) is 73.5 cm³/mol. The van der Waals surface area contributed by atoms with Crippen molar-refractivity contribution in [3.05, 3.63) is 34.4 Å². The summed E-state index contributed by atoms with van der Waals surface area (Å²) in [7, 11) is -3.93. The van der Waals surface area contributed by atoms with Crippen LogP contribution in [0.15, 0.2) is 29.2 Å². The molecule has 0 amide bonds. The van der Waals surface area contributed by atoms with Crippen molar-refractivity contribution < 1.29 is 27.0 Å². The molecular formula is C12H17NO7S. The minimum Gasteiger partial charge on any atom is -0.379 e. The Morgan fingerprint density at radius 3 is 2.19 bits per heavy atom. The minimum absolute atomic E-state index is 0.110. The molecular weight excluding hydrogens is 302 g/mol. The zero-order valence-corrected chi connectivity index (χ0v) is 12.4. The highest BCUT2D eigenvalue weighted by Gasteiger charge is 2.16. The Morgan fingerprint density at radius 1 is 1.05 bits per heavy atom. The van der Waals surface area contributed by atoms with Crippen LogP contribution in [0, 0.1) is 10.1 Å². The number of rotatable bonds is 10. The van der Waals surface area contributed by atoms with Crippen molar-refractivity contribution in [3.8, 4) is 0 Å². The molecule has 0 aliphatic rings. The molecule has 0 N–H and O–H groups in total. The Bertz CT molecular complexity index is 541. The lowest BCUT2D eigenvalue weighted by Gasteiger charge is -2.06. The van der Waals surface area contributed by atoms with E-state index in [0.717, 1.165) is 24.3 Å². The summed E-state index contributed by atoms with van der Waals surface area (Å²) >= 11 is 0. The molecule has 0 unspecified atom stereocenters. The number of hydrogen-bond acceptors (Lipinski definition) is 7. The molecule has 1 rings (SSSR count). The van der Waals surface area contributed by atoms with Crippen molar-refractivity contribution in [3.63, 3.8) is 0 Å². The molecule has 0 atom stereocenters. The van der Waals surface area contributed by atoms with Gasteiger partial charge in [-0.05, 0) is 19.1 Å². The molecule has 0 saturated carbocycles.